The van der Waals surface area contributed by atoms with Crippen LogP contribution in [0, 0.1) is 0 Å². The summed E-state index contributed by atoms with van der Waals surface area (Å²) in [6.07, 6.45) is 13.4. The van der Waals surface area contributed by atoms with E-state index in [2.05, 4.69) is 55.3 Å². The van der Waals surface area contributed by atoms with E-state index in [9.17, 15) is 0 Å². The van der Waals surface area contributed by atoms with E-state index in [1.807, 2.05) is 36.7 Å². The van der Waals surface area contributed by atoms with Gasteiger partial charge in [0.1, 0.15) is 0 Å². The van der Waals surface area contributed by atoms with Crippen molar-refractivity contribution in [2.45, 2.75) is 50.4 Å². The Balaban J connectivity index is 1.50. The van der Waals surface area contributed by atoms with Crippen molar-refractivity contribution in [3.05, 3.63) is 84.2 Å². The van der Waals surface area contributed by atoms with Gasteiger partial charge >= 0.3 is 0 Å². The molecule has 2 fully saturated rings. The lowest BCUT2D eigenvalue weighted by Crippen LogP contribution is -2.29. The van der Waals surface area contributed by atoms with Crippen LogP contribution in [0.3, 0.4) is 0 Å². The van der Waals surface area contributed by atoms with Gasteiger partial charge < -0.3 is 14.8 Å². The van der Waals surface area contributed by atoms with E-state index < -0.39 is 0 Å². The minimum Gasteiger partial charge on any atom is -0.352 e. The third-order valence-electron chi connectivity index (χ3n) is 6.08. The Morgan fingerprint density at radius 1 is 1.00 bits per heavy atom. The topological polar surface area (TPSA) is 46.0 Å². The molecule has 1 saturated heterocycles. The number of hydrogen-bond acceptors (Lipinski definition) is 3. The second-order valence-corrected chi connectivity index (χ2v) is 8.29. The van der Waals surface area contributed by atoms with E-state index in [0.29, 0.717) is 12.6 Å². The second-order valence-electron chi connectivity index (χ2n) is 7.91. The predicted molar refractivity (Wildman–Crippen MR) is 117 cm³/mol. The minimum absolute atomic E-state index is 0.0202. The molecule has 2 unspecified atom stereocenters. The first kappa shape index (κ1) is 18.3. The number of hydrogen-bond donors (Lipinski definition) is 1. The maximum Gasteiger partial charge on any atom is 0.170 e. The summed E-state index contributed by atoms with van der Waals surface area (Å²) in [5.74, 6) is 0. The zero-order valence-electron chi connectivity index (χ0n) is 16.3. The highest BCUT2D eigenvalue weighted by molar-refractivity contribution is 7.80. The molecule has 6 heteroatoms. The van der Waals surface area contributed by atoms with Crippen molar-refractivity contribution < 1.29 is 0 Å². The Bertz CT molecular complexity index is 965. The molecule has 0 amide bonds. The van der Waals surface area contributed by atoms with Gasteiger partial charge in [0.25, 0.3) is 0 Å². The van der Waals surface area contributed by atoms with Crippen LogP contribution < -0.4 is 5.32 Å². The fraction of sp³-hybridized carbons (Fsp3) is 0.348. The van der Waals surface area contributed by atoms with Crippen molar-refractivity contribution in [3.8, 4) is 0 Å². The molecule has 1 aliphatic heterocycles. The molecule has 1 saturated carbocycles. The zero-order chi connectivity index (χ0) is 19.6. The van der Waals surface area contributed by atoms with Gasteiger partial charge in [-0.2, -0.15) is 0 Å². The molecule has 3 aromatic heterocycles. The molecule has 148 valence electrons. The molecule has 1 aliphatic carbocycles. The Hall–Kier alpha value is -2.73. The molecule has 0 radical (unpaired) electrons. The van der Waals surface area contributed by atoms with Crippen molar-refractivity contribution in [2.75, 3.05) is 0 Å². The molecular weight excluding hydrogens is 378 g/mol. The summed E-state index contributed by atoms with van der Waals surface area (Å²) in [5, 5.41) is 4.28. The van der Waals surface area contributed by atoms with Gasteiger partial charge in [-0.05, 0) is 61.0 Å². The van der Waals surface area contributed by atoms with Gasteiger partial charge in [0, 0.05) is 30.8 Å². The van der Waals surface area contributed by atoms with Crippen LogP contribution >= 0.6 is 12.2 Å². The number of pyridine rings is 2. The summed E-state index contributed by atoms with van der Waals surface area (Å²) in [4.78, 5) is 11.4. The quantitative estimate of drug-likeness (QED) is 0.633. The lowest BCUT2D eigenvalue weighted by molar-refractivity contribution is 0.307. The molecular formula is C23H25N5S. The van der Waals surface area contributed by atoms with Crippen LogP contribution in [-0.2, 0) is 6.54 Å². The fourth-order valence-corrected chi connectivity index (χ4v) is 4.95. The van der Waals surface area contributed by atoms with Crippen LogP contribution in [0.15, 0.2) is 67.3 Å². The van der Waals surface area contributed by atoms with Crippen LogP contribution in [0.4, 0.5) is 0 Å². The van der Waals surface area contributed by atoms with E-state index in [4.69, 9.17) is 12.2 Å². The molecule has 2 aliphatic rings. The number of aromatic nitrogens is 3. The van der Waals surface area contributed by atoms with Crippen molar-refractivity contribution >= 4 is 17.3 Å². The number of nitrogens with one attached hydrogen (secondary N) is 1. The molecule has 29 heavy (non-hydrogen) atoms. The molecule has 4 heterocycles. The van der Waals surface area contributed by atoms with Gasteiger partial charge in [-0.15, -0.1) is 0 Å². The summed E-state index contributed by atoms with van der Waals surface area (Å²) >= 11 is 5.76. The molecule has 5 rings (SSSR count). The first-order valence-corrected chi connectivity index (χ1v) is 10.8. The Kier molecular flexibility index (Phi) is 5.02. The van der Waals surface area contributed by atoms with Crippen LogP contribution in [0.2, 0.25) is 0 Å². The lowest BCUT2D eigenvalue weighted by Gasteiger charge is -2.27. The van der Waals surface area contributed by atoms with Gasteiger partial charge in [0.2, 0.25) is 0 Å². The summed E-state index contributed by atoms with van der Waals surface area (Å²) in [5.41, 5.74) is 3.30. The third-order valence-corrected chi connectivity index (χ3v) is 6.43. The minimum atomic E-state index is 0.0202. The number of rotatable bonds is 5. The van der Waals surface area contributed by atoms with E-state index in [1.54, 1.807) is 0 Å². The standard InChI is InChI=1S/C23H25N5S/c29-23-26-21(20-10-4-6-13-25-20)22(28(23)16-18-7-3-5-12-24-18)17-11-14-27(15-17)19-8-1-2-9-19/h3-7,10-15,19,21-22H,1-2,8-9,16H2,(H,26,29). The largest absolute Gasteiger partial charge is 0.352 e. The van der Waals surface area contributed by atoms with Gasteiger partial charge in [0.05, 0.1) is 30.0 Å². The van der Waals surface area contributed by atoms with E-state index in [-0.39, 0.29) is 12.1 Å². The van der Waals surface area contributed by atoms with Crippen LogP contribution in [0.5, 0.6) is 0 Å². The van der Waals surface area contributed by atoms with Crippen molar-refractivity contribution in [3.63, 3.8) is 0 Å². The van der Waals surface area contributed by atoms with Crippen LogP contribution in [0.25, 0.3) is 0 Å². The molecule has 2 atom stereocenters. The third kappa shape index (κ3) is 3.65. The zero-order valence-corrected chi connectivity index (χ0v) is 17.1. The first-order valence-electron chi connectivity index (χ1n) is 10.3. The maximum absolute atomic E-state index is 5.76. The monoisotopic (exact) mass is 403 g/mol. The number of nitrogens with zero attached hydrogens (tertiary/aromatic N) is 4. The number of thiocarbonyl (C=S) groups is 1. The molecule has 5 nitrogen and oxygen atoms in total. The smallest absolute Gasteiger partial charge is 0.170 e. The molecule has 1 N–H and O–H groups in total. The highest BCUT2D eigenvalue weighted by Crippen LogP contribution is 2.40. The van der Waals surface area contributed by atoms with Gasteiger partial charge in [-0.3, -0.25) is 9.97 Å². The Morgan fingerprint density at radius 2 is 1.79 bits per heavy atom. The highest BCUT2D eigenvalue weighted by Gasteiger charge is 2.40. The van der Waals surface area contributed by atoms with E-state index in [0.717, 1.165) is 16.5 Å². The Morgan fingerprint density at radius 3 is 2.52 bits per heavy atom. The summed E-state index contributed by atoms with van der Waals surface area (Å²) in [7, 11) is 0. The van der Waals surface area contributed by atoms with E-state index in [1.165, 1.54) is 31.2 Å². The molecule has 0 spiro atoms. The highest BCUT2D eigenvalue weighted by atomic mass is 32.1. The van der Waals surface area contributed by atoms with Gasteiger partial charge in [-0.1, -0.05) is 25.0 Å². The summed E-state index contributed by atoms with van der Waals surface area (Å²) < 4.78 is 2.40. The predicted octanol–water partition coefficient (Wildman–Crippen LogP) is 4.57. The van der Waals surface area contributed by atoms with Crippen molar-refractivity contribution in [1.82, 2.24) is 24.8 Å². The van der Waals surface area contributed by atoms with Gasteiger partial charge in [0.15, 0.2) is 5.11 Å². The maximum atomic E-state index is 5.76. The molecule has 0 aromatic carbocycles. The average molecular weight is 404 g/mol. The SMILES string of the molecule is S=C1NC(c2ccccn2)C(c2ccn(C3CCCC3)c2)N1Cc1ccccn1. The van der Waals surface area contributed by atoms with Crippen LogP contribution in [-0.4, -0.2) is 24.5 Å². The Labute approximate surface area is 176 Å². The van der Waals surface area contributed by atoms with Crippen LogP contribution in [0.1, 0.15) is 60.8 Å². The summed E-state index contributed by atoms with van der Waals surface area (Å²) in [6, 6.07) is 15.1. The van der Waals surface area contributed by atoms with E-state index >= 15 is 0 Å². The first-order chi connectivity index (χ1) is 14.3. The second kappa shape index (κ2) is 7.95. The normalized spacial score (nSPS) is 22.2. The average Bonchev–Trinajstić information content (AvgIpc) is 3.50. The van der Waals surface area contributed by atoms with Crippen molar-refractivity contribution in [1.29, 1.82) is 0 Å². The fourth-order valence-electron chi connectivity index (χ4n) is 4.64. The lowest BCUT2D eigenvalue weighted by atomic mass is 9.99. The molecule has 0 bridgehead atoms. The molecule has 3 aromatic rings. The van der Waals surface area contributed by atoms with Crippen molar-refractivity contribution in [2.24, 2.45) is 0 Å². The van der Waals surface area contributed by atoms with Gasteiger partial charge in [-0.25, -0.2) is 0 Å². The summed E-state index contributed by atoms with van der Waals surface area (Å²) in [6.45, 7) is 0.676.